The first-order chi connectivity index (χ1) is 10.8. The van der Waals surface area contributed by atoms with Crippen LogP contribution in [0.3, 0.4) is 0 Å². The van der Waals surface area contributed by atoms with E-state index in [0.29, 0.717) is 13.0 Å². The Kier molecular flexibility index (Phi) is 4.68. The van der Waals surface area contributed by atoms with E-state index in [9.17, 15) is 4.79 Å². The average Bonchev–Trinajstić information content (AvgIpc) is 2.76. The Morgan fingerprint density at radius 2 is 2.00 bits per heavy atom. The van der Waals surface area contributed by atoms with Gasteiger partial charge in [0.05, 0.1) is 0 Å². The van der Waals surface area contributed by atoms with Crippen molar-refractivity contribution in [1.29, 1.82) is 0 Å². The number of hydrogen-bond donors (Lipinski definition) is 2. The van der Waals surface area contributed by atoms with Crippen LogP contribution in [0.15, 0.2) is 30.3 Å². The number of nitrogens with one attached hydrogen (secondary N) is 2. The molecule has 1 aliphatic heterocycles. The molecule has 116 valence electrons. The molecule has 2 amide bonds. The predicted octanol–water partition coefficient (Wildman–Crippen LogP) is 2.37. The van der Waals surface area contributed by atoms with Gasteiger partial charge in [-0.05, 0) is 25.0 Å². The van der Waals surface area contributed by atoms with E-state index in [-0.39, 0.29) is 6.03 Å². The van der Waals surface area contributed by atoms with Crippen molar-refractivity contribution in [2.45, 2.75) is 38.6 Å². The normalized spacial score (nSPS) is 14.0. The summed E-state index contributed by atoms with van der Waals surface area (Å²) in [5.41, 5.74) is 0.788. The van der Waals surface area contributed by atoms with Crippen LogP contribution >= 0.6 is 0 Å². The van der Waals surface area contributed by atoms with Crippen LogP contribution < -0.4 is 10.6 Å². The first-order valence-electron chi connectivity index (χ1n) is 7.84. The number of carbonyl (C=O) groups excluding carboxylic acids is 1. The fourth-order valence-corrected chi connectivity index (χ4v) is 2.71. The van der Waals surface area contributed by atoms with Gasteiger partial charge < -0.3 is 15.2 Å². The van der Waals surface area contributed by atoms with Crippen LogP contribution in [0.2, 0.25) is 0 Å². The minimum absolute atomic E-state index is 0.193. The summed E-state index contributed by atoms with van der Waals surface area (Å²) < 4.78 is 2.21. The highest BCUT2D eigenvalue weighted by Crippen LogP contribution is 2.14. The van der Waals surface area contributed by atoms with Crippen LogP contribution in [0.5, 0.6) is 0 Å². The van der Waals surface area contributed by atoms with Crippen molar-refractivity contribution < 1.29 is 4.79 Å². The summed E-state index contributed by atoms with van der Waals surface area (Å²) in [4.78, 5) is 11.8. The van der Waals surface area contributed by atoms with Gasteiger partial charge in [-0.3, -0.25) is 0 Å². The van der Waals surface area contributed by atoms with Gasteiger partial charge in [0.1, 0.15) is 11.6 Å². The fourth-order valence-electron chi connectivity index (χ4n) is 2.71. The minimum Gasteiger partial charge on any atom is -0.337 e. The number of anilines is 1. The Morgan fingerprint density at radius 3 is 2.86 bits per heavy atom. The lowest BCUT2D eigenvalue weighted by Gasteiger charge is -2.09. The maximum Gasteiger partial charge on any atom is 0.319 e. The minimum atomic E-state index is -0.193. The monoisotopic (exact) mass is 299 g/mol. The molecule has 0 radical (unpaired) electrons. The number of nitrogens with zero attached hydrogens (tertiary/aromatic N) is 3. The van der Waals surface area contributed by atoms with E-state index >= 15 is 0 Å². The molecule has 3 rings (SSSR count). The third kappa shape index (κ3) is 3.63. The van der Waals surface area contributed by atoms with Gasteiger partial charge in [0.2, 0.25) is 0 Å². The molecule has 6 heteroatoms. The molecule has 1 aromatic carbocycles. The summed E-state index contributed by atoms with van der Waals surface area (Å²) in [6, 6.07) is 9.22. The van der Waals surface area contributed by atoms with Crippen LogP contribution in [0.25, 0.3) is 0 Å². The van der Waals surface area contributed by atoms with Gasteiger partial charge in [-0.15, -0.1) is 10.2 Å². The Labute approximate surface area is 129 Å². The third-order valence-electron chi connectivity index (χ3n) is 3.85. The molecule has 22 heavy (non-hydrogen) atoms. The van der Waals surface area contributed by atoms with Crippen LogP contribution in [0, 0.1) is 0 Å². The number of aryl methyl sites for hydroxylation is 1. The fraction of sp³-hybridized carbons (Fsp3) is 0.438. The maximum atomic E-state index is 11.8. The van der Waals surface area contributed by atoms with Crippen molar-refractivity contribution in [3.63, 3.8) is 0 Å². The number of carbonyl (C=O) groups is 1. The second-order valence-corrected chi connectivity index (χ2v) is 5.49. The number of aromatic nitrogens is 3. The van der Waals surface area contributed by atoms with E-state index < -0.39 is 0 Å². The zero-order valence-corrected chi connectivity index (χ0v) is 12.6. The number of amides is 2. The van der Waals surface area contributed by atoms with Gasteiger partial charge >= 0.3 is 6.03 Å². The van der Waals surface area contributed by atoms with E-state index in [0.717, 1.165) is 30.3 Å². The lowest BCUT2D eigenvalue weighted by atomic mass is 10.2. The molecule has 0 fully saturated rings. The predicted molar refractivity (Wildman–Crippen MR) is 84.7 cm³/mol. The summed E-state index contributed by atoms with van der Waals surface area (Å²) in [6.45, 7) is 1.55. The molecule has 0 spiro atoms. The third-order valence-corrected chi connectivity index (χ3v) is 3.85. The van der Waals surface area contributed by atoms with E-state index in [1.807, 2.05) is 30.3 Å². The summed E-state index contributed by atoms with van der Waals surface area (Å²) in [5.74, 6) is 2.05. The molecule has 1 aromatic heterocycles. The van der Waals surface area contributed by atoms with Crippen molar-refractivity contribution in [1.82, 2.24) is 20.1 Å². The molecule has 2 heterocycles. The number of fused-ring (bicyclic) bond motifs is 1. The lowest BCUT2D eigenvalue weighted by Crippen LogP contribution is -2.31. The van der Waals surface area contributed by atoms with Crippen LogP contribution in [0.4, 0.5) is 10.5 Å². The number of rotatable bonds is 4. The molecule has 0 saturated heterocycles. The zero-order chi connectivity index (χ0) is 15.2. The quantitative estimate of drug-likeness (QED) is 0.910. The van der Waals surface area contributed by atoms with Crippen LogP contribution in [0.1, 0.15) is 30.9 Å². The molecule has 0 aliphatic carbocycles. The summed E-state index contributed by atoms with van der Waals surface area (Å²) in [5, 5.41) is 14.2. The molecule has 2 aromatic rings. The van der Waals surface area contributed by atoms with Crippen LogP contribution in [-0.2, 0) is 19.4 Å². The average molecular weight is 299 g/mol. The van der Waals surface area contributed by atoms with E-state index in [1.54, 1.807) is 0 Å². The highest BCUT2D eigenvalue weighted by atomic mass is 16.2. The van der Waals surface area contributed by atoms with Gasteiger partial charge in [0, 0.05) is 31.6 Å². The standard InChI is InChI=1S/C16H21N5O/c22-16(18-13-7-3-1-4-8-13)17-11-10-15-20-19-14-9-5-2-6-12-21(14)15/h1,3-4,7-8H,2,5-6,9-12H2,(H2,17,18,22). The number of urea groups is 1. The maximum absolute atomic E-state index is 11.8. The van der Waals surface area contributed by atoms with E-state index in [2.05, 4.69) is 25.4 Å². The summed E-state index contributed by atoms with van der Waals surface area (Å²) in [7, 11) is 0. The van der Waals surface area contributed by atoms with Gasteiger partial charge in [-0.25, -0.2) is 4.79 Å². The molecular weight excluding hydrogens is 278 g/mol. The van der Waals surface area contributed by atoms with Gasteiger partial charge in [-0.1, -0.05) is 24.6 Å². The second kappa shape index (κ2) is 7.06. The van der Waals surface area contributed by atoms with Crippen molar-refractivity contribution in [3.05, 3.63) is 42.0 Å². The summed E-state index contributed by atoms with van der Waals surface area (Å²) in [6.07, 6.45) is 5.33. The molecule has 6 nitrogen and oxygen atoms in total. The van der Waals surface area contributed by atoms with Crippen molar-refractivity contribution >= 4 is 11.7 Å². The van der Waals surface area contributed by atoms with Crippen LogP contribution in [-0.4, -0.2) is 27.3 Å². The molecule has 1 aliphatic rings. The Bertz CT molecular complexity index is 623. The Balaban J connectivity index is 1.49. The van der Waals surface area contributed by atoms with E-state index in [4.69, 9.17) is 0 Å². The first kappa shape index (κ1) is 14.6. The second-order valence-electron chi connectivity index (χ2n) is 5.49. The van der Waals surface area contributed by atoms with Crippen molar-refractivity contribution in [3.8, 4) is 0 Å². The molecule has 0 saturated carbocycles. The smallest absolute Gasteiger partial charge is 0.319 e. The zero-order valence-electron chi connectivity index (χ0n) is 12.6. The topological polar surface area (TPSA) is 71.8 Å². The lowest BCUT2D eigenvalue weighted by molar-refractivity contribution is 0.252. The van der Waals surface area contributed by atoms with Crippen molar-refractivity contribution in [2.24, 2.45) is 0 Å². The highest BCUT2D eigenvalue weighted by molar-refractivity contribution is 5.89. The van der Waals surface area contributed by atoms with Crippen molar-refractivity contribution in [2.75, 3.05) is 11.9 Å². The Hall–Kier alpha value is -2.37. The molecular formula is C16H21N5O. The molecule has 0 atom stereocenters. The number of benzene rings is 1. The number of hydrogen-bond acceptors (Lipinski definition) is 3. The molecule has 2 N–H and O–H groups in total. The highest BCUT2D eigenvalue weighted by Gasteiger charge is 2.14. The first-order valence-corrected chi connectivity index (χ1v) is 7.84. The van der Waals surface area contributed by atoms with Gasteiger partial charge in [0.15, 0.2) is 0 Å². The van der Waals surface area contributed by atoms with E-state index in [1.165, 1.54) is 19.3 Å². The van der Waals surface area contributed by atoms with Gasteiger partial charge in [-0.2, -0.15) is 0 Å². The molecule has 0 unspecified atom stereocenters. The Morgan fingerprint density at radius 1 is 1.14 bits per heavy atom. The summed E-state index contributed by atoms with van der Waals surface area (Å²) >= 11 is 0. The number of para-hydroxylation sites is 1. The molecule has 0 bridgehead atoms. The largest absolute Gasteiger partial charge is 0.337 e. The van der Waals surface area contributed by atoms with Gasteiger partial charge in [0.25, 0.3) is 0 Å². The SMILES string of the molecule is O=C(NCCc1nnc2n1CCCCC2)Nc1ccccc1.